The summed E-state index contributed by atoms with van der Waals surface area (Å²) in [7, 11) is 1.61. The highest BCUT2D eigenvalue weighted by molar-refractivity contribution is 5.95. The number of amides is 1. The molecule has 21 heavy (non-hydrogen) atoms. The number of nitro groups is 1. The van der Waals surface area contributed by atoms with E-state index in [1.54, 1.807) is 19.2 Å². The predicted octanol–water partition coefficient (Wildman–Crippen LogP) is 1.46. The molecule has 7 heteroatoms. The standard InChI is InChI=1S/C14H20N4O3/c1-15-12-5-4-11(10-13(12)18(20)21)14(19)16-6-9-17-7-2-3-8-17/h4-5,10,15H,2-3,6-9H2,1H3,(H,16,19). The minimum absolute atomic E-state index is 0.0929. The molecule has 0 spiro atoms. The lowest BCUT2D eigenvalue weighted by Gasteiger charge is -2.14. The van der Waals surface area contributed by atoms with Gasteiger partial charge in [-0.05, 0) is 38.1 Å². The first-order valence-corrected chi connectivity index (χ1v) is 7.08. The number of carbonyl (C=O) groups is 1. The molecule has 7 nitrogen and oxygen atoms in total. The molecule has 0 aliphatic carbocycles. The van der Waals surface area contributed by atoms with Crippen LogP contribution in [0.5, 0.6) is 0 Å². The molecule has 2 N–H and O–H groups in total. The van der Waals surface area contributed by atoms with Gasteiger partial charge in [0.1, 0.15) is 5.69 Å². The fraction of sp³-hybridized carbons (Fsp3) is 0.500. The predicted molar refractivity (Wildman–Crippen MR) is 80.7 cm³/mol. The van der Waals surface area contributed by atoms with Crippen LogP contribution >= 0.6 is 0 Å². The average Bonchev–Trinajstić information content (AvgIpc) is 2.99. The lowest BCUT2D eigenvalue weighted by molar-refractivity contribution is -0.384. The van der Waals surface area contributed by atoms with Crippen molar-refractivity contribution in [2.45, 2.75) is 12.8 Å². The van der Waals surface area contributed by atoms with Crippen molar-refractivity contribution in [2.75, 3.05) is 38.5 Å². The van der Waals surface area contributed by atoms with Crippen LogP contribution in [-0.2, 0) is 0 Å². The Morgan fingerprint density at radius 3 is 2.71 bits per heavy atom. The van der Waals surface area contributed by atoms with E-state index in [2.05, 4.69) is 15.5 Å². The van der Waals surface area contributed by atoms with Crippen LogP contribution in [0.2, 0.25) is 0 Å². The summed E-state index contributed by atoms with van der Waals surface area (Å²) in [6.45, 7) is 3.54. The van der Waals surface area contributed by atoms with Crippen molar-refractivity contribution in [3.05, 3.63) is 33.9 Å². The molecule has 1 amide bonds. The van der Waals surface area contributed by atoms with E-state index >= 15 is 0 Å². The van der Waals surface area contributed by atoms with Crippen molar-refractivity contribution in [3.8, 4) is 0 Å². The van der Waals surface area contributed by atoms with Gasteiger partial charge in [0.15, 0.2) is 0 Å². The number of benzene rings is 1. The summed E-state index contributed by atoms with van der Waals surface area (Å²) in [4.78, 5) is 24.8. The zero-order valence-electron chi connectivity index (χ0n) is 12.1. The number of nitrogens with one attached hydrogen (secondary N) is 2. The first-order chi connectivity index (χ1) is 10.1. The van der Waals surface area contributed by atoms with Gasteiger partial charge in [-0.2, -0.15) is 0 Å². The molecular weight excluding hydrogens is 272 g/mol. The van der Waals surface area contributed by atoms with Crippen LogP contribution in [-0.4, -0.2) is 49.0 Å². The van der Waals surface area contributed by atoms with Gasteiger partial charge in [0.25, 0.3) is 11.6 Å². The SMILES string of the molecule is CNc1ccc(C(=O)NCCN2CCCC2)cc1[N+](=O)[O-]. The van der Waals surface area contributed by atoms with Gasteiger partial charge < -0.3 is 15.5 Å². The van der Waals surface area contributed by atoms with Crippen LogP contribution in [0.25, 0.3) is 0 Å². The van der Waals surface area contributed by atoms with Crippen molar-refractivity contribution in [1.82, 2.24) is 10.2 Å². The third kappa shape index (κ3) is 3.91. The lowest BCUT2D eigenvalue weighted by Crippen LogP contribution is -2.33. The monoisotopic (exact) mass is 292 g/mol. The van der Waals surface area contributed by atoms with Crippen LogP contribution in [0.4, 0.5) is 11.4 Å². The lowest BCUT2D eigenvalue weighted by atomic mass is 10.1. The summed E-state index contributed by atoms with van der Waals surface area (Å²) in [6, 6.07) is 4.44. The Morgan fingerprint density at radius 1 is 1.38 bits per heavy atom. The van der Waals surface area contributed by atoms with Crippen molar-refractivity contribution >= 4 is 17.3 Å². The highest BCUT2D eigenvalue weighted by Crippen LogP contribution is 2.24. The number of rotatable bonds is 6. The minimum Gasteiger partial charge on any atom is -0.383 e. The number of hydrogen-bond acceptors (Lipinski definition) is 5. The van der Waals surface area contributed by atoms with E-state index < -0.39 is 4.92 Å². The number of nitro benzene ring substituents is 1. The zero-order chi connectivity index (χ0) is 15.2. The van der Waals surface area contributed by atoms with E-state index in [-0.39, 0.29) is 11.6 Å². The van der Waals surface area contributed by atoms with Gasteiger partial charge in [-0.1, -0.05) is 0 Å². The van der Waals surface area contributed by atoms with Crippen molar-refractivity contribution in [3.63, 3.8) is 0 Å². The van der Waals surface area contributed by atoms with Crippen LogP contribution in [0.1, 0.15) is 23.2 Å². The summed E-state index contributed by atoms with van der Waals surface area (Å²) in [6.07, 6.45) is 2.43. The maximum atomic E-state index is 12.0. The van der Waals surface area contributed by atoms with Gasteiger partial charge in [0.05, 0.1) is 4.92 Å². The molecule has 0 bridgehead atoms. The number of carbonyl (C=O) groups excluding carboxylic acids is 1. The van der Waals surface area contributed by atoms with E-state index in [0.29, 0.717) is 17.8 Å². The molecule has 1 fully saturated rings. The van der Waals surface area contributed by atoms with Crippen LogP contribution in [0, 0.1) is 10.1 Å². The highest BCUT2D eigenvalue weighted by Gasteiger charge is 2.17. The summed E-state index contributed by atoms with van der Waals surface area (Å²) >= 11 is 0. The molecule has 1 aromatic carbocycles. The van der Waals surface area contributed by atoms with E-state index in [1.807, 2.05) is 0 Å². The Hall–Kier alpha value is -2.15. The van der Waals surface area contributed by atoms with Crippen molar-refractivity contribution in [1.29, 1.82) is 0 Å². The smallest absolute Gasteiger partial charge is 0.293 e. The Morgan fingerprint density at radius 2 is 2.10 bits per heavy atom. The summed E-state index contributed by atoms with van der Waals surface area (Å²) in [5.41, 5.74) is 0.612. The molecule has 2 rings (SSSR count). The van der Waals surface area contributed by atoms with Gasteiger partial charge in [0.2, 0.25) is 0 Å². The minimum atomic E-state index is -0.493. The second kappa shape index (κ2) is 7.03. The maximum absolute atomic E-state index is 12.0. The molecule has 0 aromatic heterocycles. The topological polar surface area (TPSA) is 87.5 Å². The third-order valence-corrected chi connectivity index (χ3v) is 3.64. The average molecular weight is 292 g/mol. The Bertz CT molecular complexity index is 527. The molecule has 1 aromatic rings. The van der Waals surface area contributed by atoms with Crippen LogP contribution < -0.4 is 10.6 Å². The summed E-state index contributed by atoms with van der Waals surface area (Å²) in [5.74, 6) is -0.278. The maximum Gasteiger partial charge on any atom is 0.293 e. The van der Waals surface area contributed by atoms with Gasteiger partial charge in [-0.15, -0.1) is 0 Å². The van der Waals surface area contributed by atoms with Crippen molar-refractivity contribution < 1.29 is 9.72 Å². The van der Waals surface area contributed by atoms with E-state index in [0.717, 1.165) is 19.6 Å². The van der Waals surface area contributed by atoms with E-state index in [4.69, 9.17) is 0 Å². The quantitative estimate of drug-likeness (QED) is 0.612. The number of nitrogens with zero attached hydrogens (tertiary/aromatic N) is 2. The second-order valence-corrected chi connectivity index (χ2v) is 5.04. The molecule has 1 aliphatic rings. The Labute approximate surface area is 123 Å². The van der Waals surface area contributed by atoms with Gasteiger partial charge >= 0.3 is 0 Å². The molecule has 1 heterocycles. The largest absolute Gasteiger partial charge is 0.383 e. The number of hydrogen-bond donors (Lipinski definition) is 2. The Kier molecular flexibility index (Phi) is 5.10. The van der Waals surface area contributed by atoms with Crippen LogP contribution in [0.3, 0.4) is 0 Å². The van der Waals surface area contributed by atoms with E-state index in [9.17, 15) is 14.9 Å². The van der Waals surface area contributed by atoms with Gasteiger partial charge in [-0.25, -0.2) is 0 Å². The molecule has 0 atom stereocenters. The summed E-state index contributed by atoms with van der Waals surface area (Å²) in [5, 5.41) is 16.5. The van der Waals surface area contributed by atoms with Gasteiger partial charge in [0, 0.05) is 31.8 Å². The number of likely N-dealkylation sites (tertiary alicyclic amines) is 1. The third-order valence-electron chi connectivity index (χ3n) is 3.64. The van der Waals surface area contributed by atoms with Crippen molar-refractivity contribution in [2.24, 2.45) is 0 Å². The highest BCUT2D eigenvalue weighted by atomic mass is 16.6. The van der Waals surface area contributed by atoms with E-state index in [1.165, 1.54) is 18.9 Å². The Balaban J connectivity index is 1.95. The molecule has 0 radical (unpaired) electrons. The van der Waals surface area contributed by atoms with Gasteiger partial charge in [-0.3, -0.25) is 14.9 Å². The number of anilines is 1. The normalized spacial score (nSPS) is 14.9. The fourth-order valence-corrected chi connectivity index (χ4v) is 2.47. The second-order valence-electron chi connectivity index (χ2n) is 5.04. The van der Waals surface area contributed by atoms with Crippen LogP contribution in [0.15, 0.2) is 18.2 Å². The molecule has 0 saturated carbocycles. The summed E-state index contributed by atoms with van der Waals surface area (Å²) < 4.78 is 0. The molecule has 1 aliphatic heterocycles. The molecule has 0 unspecified atom stereocenters. The first kappa shape index (κ1) is 15.2. The fourth-order valence-electron chi connectivity index (χ4n) is 2.47. The first-order valence-electron chi connectivity index (χ1n) is 7.08. The molecule has 114 valence electrons. The molecular formula is C14H20N4O3. The molecule has 1 saturated heterocycles. The zero-order valence-corrected chi connectivity index (χ0v) is 12.1.